The van der Waals surface area contributed by atoms with Gasteiger partial charge < -0.3 is 20.4 Å². The first-order valence-corrected chi connectivity index (χ1v) is 30.9. The molecule has 4 N–H and O–H groups in total. The van der Waals surface area contributed by atoms with E-state index < -0.39 is 5.60 Å². The maximum atomic E-state index is 13.6. The van der Waals surface area contributed by atoms with E-state index in [4.69, 9.17) is 0 Å². The molecule has 5 unspecified atom stereocenters. The molecule has 0 aromatic carbocycles. The van der Waals surface area contributed by atoms with Crippen molar-refractivity contribution >= 4 is 0 Å². The van der Waals surface area contributed by atoms with Crippen LogP contribution in [0.1, 0.15) is 349 Å². The molecule has 0 aliphatic rings. The first kappa shape index (κ1) is 65.8. The van der Waals surface area contributed by atoms with Gasteiger partial charge in [-0.15, -0.1) is 0 Å². The quantitative estimate of drug-likeness (QED) is 0.0458. The number of rotatable bonds is 56. The van der Waals surface area contributed by atoms with Crippen LogP contribution >= 0.6 is 0 Å². The number of aliphatic hydroxyl groups excluding tert-OH is 3. The Bertz CT molecular complexity index is 925. The van der Waals surface area contributed by atoms with E-state index in [9.17, 15) is 20.4 Å². The fourth-order valence-electron chi connectivity index (χ4n) is 11.8. The highest BCUT2D eigenvalue weighted by molar-refractivity contribution is 4.99. The van der Waals surface area contributed by atoms with Crippen molar-refractivity contribution in [3.05, 3.63) is 0 Å². The van der Waals surface area contributed by atoms with E-state index in [1.54, 1.807) is 0 Å². The Morgan fingerprint density at radius 1 is 0.242 bits per heavy atom. The third kappa shape index (κ3) is 36.7. The molecule has 4 nitrogen and oxygen atoms in total. The lowest BCUT2D eigenvalue weighted by atomic mass is 9.59. The molecule has 0 spiro atoms. The standard InChI is InChI=1S/C62H126O4/c1-6-11-16-20-21-24-30-40-51-61(50-39-19-14-9-4,52-41-31-25-22-27-36-47-58(55-63)44-15-10-5)62(66,54-43-33-29-38-49-60(57-65)46-35-18-13-8-3)53-42-32-26-23-28-37-48-59(56-64)45-34-17-12-7-2/h58-60,63-66H,6-57H2,1-5H3. The SMILES string of the molecule is CCCCCCCCCCC(CCCCCC)(CCCCCCCCC(CO)CCCC)C(O)(CCCCCCCCC(CO)CCCCCC)CCCCCCC(CO)CCCCCC. The van der Waals surface area contributed by atoms with E-state index >= 15 is 0 Å². The molecule has 66 heavy (non-hydrogen) atoms. The molecule has 0 rings (SSSR count). The van der Waals surface area contributed by atoms with Gasteiger partial charge in [0.2, 0.25) is 0 Å². The highest BCUT2D eigenvalue weighted by atomic mass is 16.3. The molecule has 0 saturated heterocycles. The van der Waals surface area contributed by atoms with E-state index in [2.05, 4.69) is 34.6 Å². The summed E-state index contributed by atoms with van der Waals surface area (Å²) < 4.78 is 0. The van der Waals surface area contributed by atoms with Crippen molar-refractivity contribution in [2.75, 3.05) is 19.8 Å². The minimum atomic E-state index is -0.586. The van der Waals surface area contributed by atoms with Crippen molar-refractivity contribution in [1.29, 1.82) is 0 Å². The molecule has 0 fully saturated rings. The summed E-state index contributed by atoms with van der Waals surface area (Å²) >= 11 is 0. The van der Waals surface area contributed by atoms with Crippen LogP contribution in [0.4, 0.5) is 0 Å². The van der Waals surface area contributed by atoms with Gasteiger partial charge in [-0.25, -0.2) is 0 Å². The van der Waals surface area contributed by atoms with Crippen LogP contribution in [0.2, 0.25) is 0 Å². The highest BCUT2D eigenvalue weighted by Gasteiger charge is 2.47. The van der Waals surface area contributed by atoms with E-state index in [1.165, 1.54) is 283 Å². The molecule has 5 atom stereocenters. The lowest BCUT2D eigenvalue weighted by Crippen LogP contribution is -2.49. The molecule has 0 aliphatic heterocycles. The minimum Gasteiger partial charge on any atom is -0.396 e. The van der Waals surface area contributed by atoms with Crippen LogP contribution in [0.15, 0.2) is 0 Å². The van der Waals surface area contributed by atoms with Gasteiger partial charge in [-0.05, 0) is 93.8 Å². The van der Waals surface area contributed by atoms with Crippen molar-refractivity contribution in [2.24, 2.45) is 23.2 Å². The van der Waals surface area contributed by atoms with Gasteiger partial charge in [0.1, 0.15) is 0 Å². The summed E-state index contributed by atoms with van der Waals surface area (Å²) in [5.74, 6) is 1.46. The average Bonchev–Trinajstić information content (AvgIpc) is 3.33. The summed E-state index contributed by atoms with van der Waals surface area (Å²) in [6.45, 7) is 12.5. The second-order valence-corrected chi connectivity index (χ2v) is 22.6. The molecule has 0 aromatic rings. The summed E-state index contributed by atoms with van der Waals surface area (Å²) in [6.07, 6.45) is 61.5. The first-order valence-electron chi connectivity index (χ1n) is 30.9. The van der Waals surface area contributed by atoms with Crippen LogP contribution in [0.3, 0.4) is 0 Å². The van der Waals surface area contributed by atoms with Crippen LogP contribution in [0, 0.1) is 23.2 Å². The maximum Gasteiger partial charge on any atom is 0.0703 e. The predicted octanol–water partition coefficient (Wildman–Crippen LogP) is 19.7. The van der Waals surface area contributed by atoms with E-state index in [0.717, 1.165) is 32.1 Å². The molecule has 0 amide bonds. The number of aliphatic hydroxyl groups is 4. The molecule has 0 radical (unpaired) electrons. The molecular weight excluding hydrogens is 809 g/mol. The van der Waals surface area contributed by atoms with E-state index in [-0.39, 0.29) is 5.41 Å². The molecular formula is C62H126O4. The van der Waals surface area contributed by atoms with Gasteiger partial charge in [0, 0.05) is 19.8 Å². The van der Waals surface area contributed by atoms with Crippen molar-refractivity contribution < 1.29 is 20.4 Å². The Morgan fingerprint density at radius 3 is 0.712 bits per heavy atom. The lowest BCUT2D eigenvalue weighted by Gasteiger charge is -2.49. The molecule has 0 heterocycles. The zero-order valence-electron chi connectivity index (χ0n) is 46.3. The minimum absolute atomic E-state index is 0.0213. The Kier molecular flexibility index (Phi) is 49.7. The average molecular weight is 936 g/mol. The number of hydrogen-bond acceptors (Lipinski definition) is 4. The van der Waals surface area contributed by atoms with E-state index in [0.29, 0.717) is 37.6 Å². The van der Waals surface area contributed by atoms with Gasteiger partial charge in [-0.2, -0.15) is 0 Å². The number of unbranched alkanes of at least 4 members (excludes halogenated alkanes) is 30. The van der Waals surface area contributed by atoms with Crippen molar-refractivity contribution in [3.8, 4) is 0 Å². The van der Waals surface area contributed by atoms with Crippen molar-refractivity contribution in [3.63, 3.8) is 0 Å². The molecule has 398 valence electrons. The van der Waals surface area contributed by atoms with Crippen LogP contribution < -0.4 is 0 Å². The number of hydrogen-bond donors (Lipinski definition) is 4. The summed E-state index contributed by atoms with van der Waals surface area (Å²) in [5.41, 5.74) is -0.565. The molecule has 0 bridgehead atoms. The summed E-state index contributed by atoms with van der Waals surface area (Å²) in [5, 5.41) is 43.6. The molecule has 0 saturated carbocycles. The smallest absolute Gasteiger partial charge is 0.0703 e. The van der Waals surface area contributed by atoms with Gasteiger partial charge in [0.25, 0.3) is 0 Å². The zero-order valence-corrected chi connectivity index (χ0v) is 46.3. The van der Waals surface area contributed by atoms with E-state index in [1.807, 2.05) is 0 Å². The maximum absolute atomic E-state index is 13.6. The summed E-state index contributed by atoms with van der Waals surface area (Å²) in [7, 11) is 0. The van der Waals surface area contributed by atoms with Crippen LogP contribution in [0.5, 0.6) is 0 Å². The Balaban J connectivity index is 5.97. The normalized spacial score (nSPS) is 15.2. The summed E-state index contributed by atoms with van der Waals surface area (Å²) in [4.78, 5) is 0. The lowest BCUT2D eigenvalue weighted by molar-refractivity contribution is -0.117. The van der Waals surface area contributed by atoms with Gasteiger partial charge in [-0.3, -0.25) is 0 Å². The monoisotopic (exact) mass is 935 g/mol. The molecule has 0 aliphatic carbocycles. The van der Waals surface area contributed by atoms with Crippen molar-refractivity contribution in [1.82, 2.24) is 0 Å². The van der Waals surface area contributed by atoms with Crippen LogP contribution in [-0.2, 0) is 0 Å². The van der Waals surface area contributed by atoms with Crippen LogP contribution in [0.25, 0.3) is 0 Å². The van der Waals surface area contributed by atoms with Crippen LogP contribution in [-0.4, -0.2) is 45.8 Å². The summed E-state index contributed by atoms with van der Waals surface area (Å²) in [6, 6.07) is 0. The van der Waals surface area contributed by atoms with Gasteiger partial charge in [0.05, 0.1) is 5.60 Å². The van der Waals surface area contributed by atoms with Gasteiger partial charge >= 0.3 is 0 Å². The Labute approximate surface area is 416 Å². The highest BCUT2D eigenvalue weighted by Crippen LogP contribution is 2.51. The second kappa shape index (κ2) is 49.8. The predicted molar refractivity (Wildman–Crippen MR) is 294 cm³/mol. The van der Waals surface area contributed by atoms with Crippen molar-refractivity contribution in [2.45, 2.75) is 355 Å². The second-order valence-electron chi connectivity index (χ2n) is 22.6. The third-order valence-corrected chi connectivity index (χ3v) is 16.6. The molecule has 0 aromatic heterocycles. The Hall–Kier alpha value is -0.160. The topological polar surface area (TPSA) is 80.9 Å². The van der Waals surface area contributed by atoms with Gasteiger partial charge in [-0.1, -0.05) is 279 Å². The first-order chi connectivity index (χ1) is 32.3. The zero-order chi connectivity index (χ0) is 48.5. The fraction of sp³-hybridized carbons (Fsp3) is 1.00. The third-order valence-electron chi connectivity index (χ3n) is 16.6. The Morgan fingerprint density at radius 2 is 0.439 bits per heavy atom. The molecule has 4 heteroatoms. The fourth-order valence-corrected chi connectivity index (χ4v) is 11.8. The van der Waals surface area contributed by atoms with Gasteiger partial charge in [0.15, 0.2) is 0 Å². The largest absolute Gasteiger partial charge is 0.396 e.